The zero-order valence-corrected chi connectivity index (χ0v) is 10.2. The van der Waals surface area contributed by atoms with Gasteiger partial charge in [-0.1, -0.05) is 6.92 Å². The average Bonchev–Trinajstić information content (AvgIpc) is 2.66. The molecule has 8 heteroatoms. The molecular weight excluding hydrogens is 258 g/mol. The molecule has 0 aliphatic carbocycles. The maximum atomic E-state index is 14.0. The molecule has 0 radical (unpaired) electrons. The number of aromatic nitrogens is 2. The van der Waals surface area contributed by atoms with Crippen LogP contribution in [0, 0.1) is 0 Å². The summed E-state index contributed by atoms with van der Waals surface area (Å²) >= 11 is 0. The van der Waals surface area contributed by atoms with Crippen molar-refractivity contribution in [3.63, 3.8) is 0 Å². The average molecular weight is 273 g/mol. The molecule has 106 valence electrons. The summed E-state index contributed by atoms with van der Waals surface area (Å²) in [6.45, 7) is 1.66. The van der Waals surface area contributed by atoms with Crippen molar-refractivity contribution >= 4 is 0 Å². The zero-order chi connectivity index (χ0) is 14.2. The van der Waals surface area contributed by atoms with Gasteiger partial charge in [0.2, 0.25) is 0 Å². The number of halogens is 1. The number of aliphatic hydroxyl groups is 2. The summed E-state index contributed by atoms with van der Waals surface area (Å²) < 4.78 is 19.2. The van der Waals surface area contributed by atoms with E-state index in [1.807, 2.05) is 4.98 Å². The fourth-order valence-electron chi connectivity index (χ4n) is 2.11. The third-order valence-corrected chi connectivity index (χ3v) is 3.21. The lowest BCUT2D eigenvalue weighted by molar-refractivity contribution is -0.0670. The van der Waals surface area contributed by atoms with Crippen molar-refractivity contribution in [3.05, 3.63) is 32.6 Å². The van der Waals surface area contributed by atoms with Gasteiger partial charge in [0, 0.05) is 6.20 Å². The molecule has 2 rings (SSSR count). The van der Waals surface area contributed by atoms with E-state index in [2.05, 4.69) is 4.98 Å². The Labute approximate surface area is 107 Å². The highest BCUT2D eigenvalue weighted by Crippen LogP contribution is 2.35. The number of rotatable bonds is 3. The van der Waals surface area contributed by atoms with Gasteiger partial charge in [0.1, 0.15) is 18.3 Å². The van der Waals surface area contributed by atoms with Crippen molar-refractivity contribution in [2.45, 2.75) is 43.9 Å². The van der Waals surface area contributed by atoms with Gasteiger partial charge < -0.3 is 19.9 Å². The van der Waals surface area contributed by atoms with Gasteiger partial charge in [-0.05, 0) is 6.42 Å². The van der Waals surface area contributed by atoms with Crippen molar-refractivity contribution in [2.75, 3.05) is 0 Å². The highest BCUT2D eigenvalue weighted by Gasteiger charge is 2.48. The number of aromatic amines is 2. The Hall–Kier alpha value is -1.51. The van der Waals surface area contributed by atoms with Crippen molar-refractivity contribution in [3.8, 4) is 0 Å². The van der Waals surface area contributed by atoms with Crippen LogP contribution >= 0.6 is 0 Å². The van der Waals surface area contributed by atoms with Gasteiger partial charge in [0.25, 0.3) is 5.56 Å². The number of nitrogens with one attached hydrogen (secondary N) is 2. The van der Waals surface area contributed by atoms with Crippen LogP contribution in [0.15, 0.2) is 15.8 Å². The van der Waals surface area contributed by atoms with Crippen molar-refractivity contribution in [1.82, 2.24) is 9.97 Å². The second-order valence-corrected chi connectivity index (χ2v) is 4.46. The Morgan fingerprint density at radius 2 is 2.21 bits per heavy atom. The van der Waals surface area contributed by atoms with Crippen LogP contribution in [0.4, 0.5) is 4.39 Å². The summed E-state index contributed by atoms with van der Waals surface area (Å²) in [6.07, 6.45) is -5.49. The number of ether oxygens (including phenoxy) is 1. The second kappa shape index (κ2) is 5.24. The summed E-state index contributed by atoms with van der Waals surface area (Å²) in [5.41, 5.74) is -1.62. The predicted molar refractivity (Wildman–Crippen MR) is 62.5 cm³/mol. The minimum absolute atomic E-state index is 0.128. The summed E-state index contributed by atoms with van der Waals surface area (Å²) in [5.74, 6) is 0. The van der Waals surface area contributed by atoms with Crippen molar-refractivity contribution in [1.29, 1.82) is 0 Å². The maximum absolute atomic E-state index is 14.0. The van der Waals surface area contributed by atoms with Crippen LogP contribution in [-0.4, -0.2) is 44.7 Å². The van der Waals surface area contributed by atoms with Gasteiger partial charge in [-0.15, -0.1) is 0 Å². The Morgan fingerprint density at radius 1 is 1.53 bits per heavy atom. The molecule has 0 amide bonds. The minimum Gasteiger partial charge on any atom is -0.390 e. The fraction of sp³-hybridized carbons (Fsp3) is 0.636. The van der Waals surface area contributed by atoms with Crippen LogP contribution < -0.4 is 11.2 Å². The molecule has 1 saturated heterocycles. The van der Waals surface area contributed by atoms with E-state index in [1.165, 1.54) is 0 Å². The molecular formula is C11H15FN2O5. The van der Waals surface area contributed by atoms with E-state index in [0.717, 1.165) is 6.20 Å². The molecule has 1 unspecified atom stereocenters. The Balaban J connectivity index is 2.31. The molecule has 0 aromatic carbocycles. The van der Waals surface area contributed by atoms with Crippen LogP contribution in [0.1, 0.15) is 25.0 Å². The van der Waals surface area contributed by atoms with Gasteiger partial charge in [-0.25, -0.2) is 9.18 Å². The van der Waals surface area contributed by atoms with Crippen molar-refractivity contribution < 1.29 is 19.3 Å². The Kier molecular flexibility index (Phi) is 3.83. The summed E-state index contributed by atoms with van der Waals surface area (Å²) in [7, 11) is 0. The van der Waals surface area contributed by atoms with E-state index in [-0.39, 0.29) is 12.0 Å². The van der Waals surface area contributed by atoms with Crippen LogP contribution in [0.5, 0.6) is 0 Å². The van der Waals surface area contributed by atoms with E-state index in [4.69, 9.17) is 4.74 Å². The predicted octanol–water partition coefficient (Wildman–Crippen LogP) is -1.03. The first kappa shape index (κ1) is 13.9. The van der Waals surface area contributed by atoms with E-state index >= 15 is 0 Å². The third kappa shape index (κ3) is 2.46. The highest BCUT2D eigenvalue weighted by molar-refractivity contribution is 5.14. The number of hydrogen-bond donors (Lipinski definition) is 4. The third-order valence-electron chi connectivity index (χ3n) is 3.21. The molecule has 1 aliphatic heterocycles. The molecule has 0 saturated carbocycles. The summed E-state index contributed by atoms with van der Waals surface area (Å²) in [5, 5.41) is 19.3. The fourth-order valence-corrected chi connectivity index (χ4v) is 2.11. The molecule has 0 spiro atoms. The largest absolute Gasteiger partial charge is 0.390 e. The Morgan fingerprint density at radius 3 is 2.79 bits per heavy atom. The first-order valence-electron chi connectivity index (χ1n) is 5.93. The number of aliphatic hydroxyl groups excluding tert-OH is 2. The van der Waals surface area contributed by atoms with E-state index in [1.54, 1.807) is 6.92 Å². The molecule has 19 heavy (non-hydrogen) atoms. The molecule has 0 bridgehead atoms. The van der Waals surface area contributed by atoms with E-state index < -0.39 is 41.8 Å². The first-order chi connectivity index (χ1) is 8.95. The minimum atomic E-state index is -1.85. The maximum Gasteiger partial charge on any atom is 0.325 e. The molecule has 1 fully saturated rings. The standard InChI is InChI=1S/C11H15FN2O5/c1-2-5(15)9-7(16)6(12)8(19-9)4-3-13-11(18)14-10(4)17/h3,5-9,15-16H,2H2,1H3,(H2,13,14,17,18)/t5?,6-,7-,8-,9+/m0/s1/i12-1. The quantitative estimate of drug-likeness (QED) is 0.562. The van der Waals surface area contributed by atoms with Crippen LogP contribution in [0.3, 0.4) is 0 Å². The van der Waals surface area contributed by atoms with Gasteiger partial charge in [-0.3, -0.25) is 9.78 Å². The normalized spacial score (nSPS) is 32.4. The number of hydrogen-bond acceptors (Lipinski definition) is 5. The topological polar surface area (TPSA) is 115 Å². The van der Waals surface area contributed by atoms with Gasteiger partial charge in [0.05, 0.1) is 11.7 Å². The van der Waals surface area contributed by atoms with Crippen LogP contribution in [0.2, 0.25) is 0 Å². The molecule has 7 nitrogen and oxygen atoms in total. The van der Waals surface area contributed by atoms with Gasteiger partial charge in [-0.2, -0.15) is 0 Å². The summed E-state index contributed by atoms with van der Waals surface area (Å²) in [4.78, 5) is 26.6. The van der Waals surface area contributed by atoms with E-state index in [9.17, 15) is 24.2 Å². The van der Waals surface area contributed by atoms with Crippen LogP contribution in [-0.2, 0) is 4.74 Å². The Bertz CT molecular complexity index is 557. The lowest BCUT2D eigenvalue weighted by Crippen LogP contribution is -2.36. The summed E-state index contributed by atoms with van der Waals surface area (Å²) in [6, 6.07) is 0. The zero-order valence-electron chi connectivity index (χ0n) is 10.2. The molecule has 1 aromatic heterocycles. The number of H-pyrrole nitrogens is 2. The molecule has 1 aliphatic rings. The van der Waals surface area contributed by atoms with Gasteiger partial charge >= 0.3 is 5.69 Å². The molecule has 2 heterocycles. The monoisotopic (exact) mass is 273 g/mol. The smallest absolute Gasteiger partial charge is 0.325 e. The lowest BCUT2D eigenvalue weighted by Gasteiger charge is -2.19. The lowest BCUT2D eigenvalue weighted by atomic mass is 10.0. The molecule has 4 N–H and O–H groups in total. The molecule has 5 atom stereocenters. The van der Waals surface area contributed by atoms with E-state index in [0.29, 0.717) is 0 Å². The van der Waals surface area contributed by atoms with Gasteiger partial charge in [0.15, 0.2) is 6.17 Å². The van der Waals surface area contributed by atoms with Crippen LogP contribution in [0.25, 0.3) is 0 Å². The second-order valence-electron chi connectivity index (χ2n) is 4.46. The SMILES string of the molecule is CCC(O)[C@H]1O[C@@H](c2c[nH]c(=O)[nH]c2=O)[C@@H]([18F])[C@@H]1O. The number of alkyl halides is 1. The molecule has 1 aromatic rings. The first-order valence-corrected chi connectivity index (χ1v) is 5.93. The highest BCUT2D eigenvalue weighted by atomic mass is 18.2. The van der Waals surface area contributed by atoms with Crippen molar-refractivity contribution in [2.24, 2.45) is 0 Å².